The second-order valence-corrected chi connectivity index (χ2v) is 6.64. The highest BCUT2D eigenvalue weighted by molar-refractivity contribution is 7.17. The van der Waals surface area contributed by atoms with Gasteiger partial charge in [-0.2, -0.15) is 0 Å². The lowest BCUT2D eigenvalue weighted by atomic mass is 10.1. The normalized spacial score (nSPS) is 13.2. The fraction of sp³-hybridized carbons (Fsp3) is 0.333. The predicted octanol–water partition coefficient (Wildman–Crippen LogP) is 3.38. The van der Waals surface area contributed by atoms with Gasteiger partial charge in [0.2, 0.25) is 0 Å². The summed E-state index contributed by atoms with van der Waals surface area (Å²) < 4.78 is 11.0. The standard InChI is InChI=1S/C18H19NO4S/c1-3-8-19-17(20)11(2)23-18(21)15-9-12-10-22-14-7-5-4-6-13(14)16(12)24-15/h4-7,9,11H,3,8,10H2,1-2H3,(H,19,20)/t11-/m1/s1. The van der Waals surface area contributed by atoms with Gasteiger partial charge in [-0.05, 0) is 31.5 Å². The third-order valence-corrected chi connectivity index (χ3v) is 4.92. The monoisotopic (exact) mass is 345 g/mol. The molecule has 0 radical (unpaired) electrons. The number of hydrogen-bond donors (Lipinski definition) is 1. The van der Waals surface area contributed by atoms with E-state index in [-0.39, 0.29) is 5.91 Å². The number of fused-ring (bicyclic) bond motifs is 3. The molecule has 5 nitrogen and oxygen atoms in total. The lowest BCUT2D eigenvalue weighted by Gasteiger charge is -2.16. The fourth-order valence-electron chi connectivity index (χ4n) is 2.46. The fourth-order valence-corrected chi connectivity index (χ4v) is 3.54. The summed E-state index contributed by atoms with van der Waals surface area (Å²) in [6.45, 7) is 4.55. The maximum Gasteiger partial charge on any atom is 0.349 e. The number of thiophene rings is 1. The Morgan fingerprint density at radius 2 is 2.17 bits per heavy atom. The van der Waals surface area contributed by atoms with Crippen LogP contribution >= 0.6 is 11.3 Å². The largest absolute Gasteiger partial charge is 0.488 e. The SMILES string of the molecule is CCCNC(=O)[C@@H](C)OC(=O)c1cc2c(s1)-c1ccccc1OC2. The van der Waals surface area contributed by atoms with Crippen LogP contribution in [0.15, 0.2) is 30.3 Å². The second kappa shape index (κ2) is 7.05. The van der Waals surface area contributed by atoms with Crippen molar-refractivity contribution in [2.75, 3.05) is 6.54 Å². The van der Waals surface area contributed by atoms with Crippen LogP contribution in [0.3, 0.4) is 0 Å². The molecule has 2 aromatic rings. The zero-order valence-electron chi connectivity index (χ0n) is 13.6. The molecule has 6 heteroatoms. The van der Waals surface area contributed by atoms with Crippen molar-refractivity contribution in [2.24, 2.45) is 0 Å². The maximum atomic E-state index is 12.3. The molecule has 1 aliphatic rings. The van der Waals surface area contributed by atoms with Gasteiger partial charge in [-0.25, -0.2) is 4.79 Å². The lowest BCUT2D eigenvalue weighted by molar-refractivity contribution is -0.129. The third kappa shape index (κ3) is 3.28. The van der Waals surface area contributed by atoms with Crippen LogP contribution in [-0.4, -0.2) is 24.5 Å². The van der Waals surface area contributed by atoms with E-state index in [1.54, 1.807) is 13.0 Å². The molecule has 1 aliphatic heterocycles. The van der Waals surface area contributed by atoms with Crippen molar-refractivity contribution in [3.63, 3.8) is 0 Å². The molecule has 24 heavy (non-hydrogen) atoms. The van der Waals surface area contributed by atoms with E-state index in [2.05, 4.69) is 5.32 Å². The summed E-state index contributed by atoms with van der Waals surface area (Å²) in [4.78, 5) is 25.7. The quantitative estimate of drug-likeness (QED) is 0.844. The highest BCUT2D eigenvalue weighted by Gasteiger charge is 2.25. The Kier molecular flexibility index (Phi) is 4.85. The van der Waals surface area contributed by atoms with Gasteiger partial charge in [-0.1, -0.05) is 19.1 Å². The van der Waals surface area contributed by atoms with Crippen LogP contribution in [0.25, 0.3) is 10.4 Å². The summed E-state index contributed by atoms with van der Waals surface area (Å²) in [5.41, 5.74) is 1.95. The molecular formula is C18H19NO4S. The number of nitrogens with one attached hydrogen (secondary N) is 1. The first-order chi connectivity index (χ1) is 11.6. The van der Waals surface area contributed by atoms with Gasteiger partial charge in [0.15, 0.2) is 6.10 Å². The molecule has 1 atom stereocenters. The Hall–Kier alpha value is -2.34. The first kappa shape index (κ1) is 16.5. The van der Waals surface area contributed by atoms with Gasteiger partial charge in [-0.3, -0.25) is 4.79 Å². The van der Waals surface area contributed by atoms with E-state index >= 15 is 0 Å². The first-order valence-electron chi connectivity index (χ1n) is 7.93. The molecule has 0 aliphatic carbocycles. The zero-order valence-corrected chi connectivity index (χ0v) is 14.4. The Bertz CT molecular complexity index is 768. The minimum atomic E-state index is -0.813. The van der Waals surface area contributed by atoms with Crippen LogP contribution in [-0.2, 0) is 16.1 Å². The molecule has 3 rings (SSSR count). The number of amides is 1. The topological polar surface area (TPSA) is 64.6 Å². The Morgan fingerprint density at radius 3 is 2.96 bits per heavy atom. The van der Waals surface area contributed by atoms with Gasteiger partial charge in [0.25, 0.3) is 5.91 Å². The molecule has 0 saturated heterocycles. The van der Waals surface area contributed by atoms with Crippen LogP contribution < -0.4 is 10.1 Å². The average molecular weight is 345 g/mol. The molecule has 0 fully saturated rings. The van der Waals surface area contributed by atoms with Crippen molar-refractivity contribution in [3.8, 4) is 16.2 Å². The molecule has 126 valence electrons. The molecule has 1 amide bonds. The summed E-state index contributed by atoms with van der Waals surface area (Å²) in [5.74, 6) is 0.0605. The number of benzene rings is 1. The number of hydrogen-bond acceptors (Lipinski definition) is 5. The summed E-state index contributed by atoms with van der Waals surface area (Å²) in [7, 11) is 0. The molecule has 1 N–H and O–H groups in total. The van der Waals surface area contributed by atoms with Crippen LogP contribution in [0.4, 0.5) is 0 Å². The molecule has 0 saturated carbocycles. The van der Waals surface area contributed by atoms with Gasteiger partial charge >= 0.3 is 5.97 Å². The molecule has 0 unspecified atom stereocenters. The third-order valence-electron chi connectivity index (χ3n) is 3.73. The highest BCUT2D eigenvalue weighted by atomic mass is 32.1. The Morgan fingerprint density at radius 1 is 1.38 bits per heavy atom. The van der Waals surface area contributed by atoms with Gasteiger partial charge in [0, 0.05) is 22.5 Å². The number of carbonyl (C=O) groups is 2. The van der Waals surface area contributed by atoms with Crippen LogP contribution in [0.1, 0.15) is 35.5 Å². The first-order valence-corrected chi connectivity index (χ1v) is 8.75. The predicted molar refractivity (Wildman–Crippen MR) is 92.3 cm³/mol. The number of para-hydroxylation sites is 1. The summed E-state index contributed by atoms with van der Waals surface area (Å²) in [6, 6.07) is 9.53. The number of carbonyl (C=O) groups excluding carboxylic acids is 2. The van der Waals surface area contributed by atoms with E-state index in [9.17, 15) is 9.59 Å². The highest BCUT2D eigenvalue weighted by Crippen LogP contribution is 2.42. The Labute approximate surface area is 144 Å². The van der Waals surface area contributed by atoms with Crippen LogP contribution in [0.2, 0.25) is 0 Å². The van der Waals surface area contributed by atoms with Crippen LogP contribution in [0.5, 0.6) is 5.75 Å². The summed E-state index contributed by atoms with van der Waals surface area (Å²) in [6.07, 6.45) is 0.0235. The van der Waals surface area contributed by atoms with Crippen molar-refractivity contribution in [3.05, 3.63) is 40.8 Å². The number of ether oxygens (including phenoxy) is 2. The van der Waals surface area contributed by atoms with Gasteiger partial charge in [-0.15, -0.1) is 11.3 Å². The van der Waals surface area contributed by atoms with E-state index < -0.39 is 12.1 Å². The number of esters is 1. The molecule has 0 spiro atoms. The van der Waals surface area contributed by atoms with Crippen molar-refractivity contribution in [2.45, 2.75) is 33.0 Å². The van der Waals surface area contributed by atoms with Crippen LogP contribution in [0, 0.1) is 0 Å². The van der Waals surface area contributed by atoms with E-state index in [4.69, 9.17) is 9.47 Å². The second-order valence-electron chi connectivity index (χ2n) is 5.59. The Balaban J connectivity index is 1.74. The van der Waals surface area contributed by atoms with Crippen molar-refractivity contribution in [1.82, 2.24) is 5.32 Å². The minimum Gasteiger partial charge on any atom is -0.488 e. The minimum absolute atomic E-state index is 0.278. The van der Waals surface area contributed by atoms with E-state index in [1.165, 1.54) is 11.3 Å². The number of rotatable bonds is 5. The molecular weight excluding hydrogens is 326 g/mol. The van der Waals surface area contributed by atoms with Gasteiger partial charge < -0.3 is 14.8 Å². The molecule has 0 bridgehead atoms. The smallest absolute Gasteiger partial charge is 0.349 e. The summed E-state index contributed by atoms with van der Waals surface area (Å²) in [5, 5.41) is 2.72. The van der Waals surface area contributed by atoms with E-state index in [1.807, 2.05) is 31.2 Å². The van der Waals surface area contributed by atoms with E-state index in [0.717, 1.165) is 28.2 Å². The molecule has 1 aromatic heterocycles. The maximum absolute atomic E-state index is 12.3. The van der Waals surface area contributed by atoms with Crippen molar-refractivity contribution >= 4 is 23.2 Å². The lowest BCUT2D eigenvalue weighted by Crippen LogP contribution is -2.36. The summed E-state index contributed by atoms with van der Waals surface area (Å²) >= 11 is 1.37. The average Bonchev–Trinajstić information content (AvgIpc) is 3.04. The van der Waals surface area contributed by atoms with E-state index in [0.29, 0.717) is 18.0 Å². The molecule has 2 heterocycles. The zero-order chi connectivity index (χ0) is 17.1. The van der Waals surface area contributed by atoms with Crippen molar-refractivity contribution in [1.29, 1.82) is 0 Å². The van der Waals surface area contributed by atoms with Gasteiger partial charge in [0.05, 0.1) is 0 Å². The van der Waals surface area contributed by atoms with Crippen molar-refractivity contribution < 1.29 is 19.1 Å². The molecule has 1 aromatic carbocycles. The van der Waals surface area contributed by atoms with Gasteiger partial charge in [0.1, 0.15) is 17.2 Å².